The highest BCUT2D eigenvalue weighted by Gasteiger charge is 2.48. The molecule has 38 heavy (non-hydrogen) atoms. The van der Waals surface area contributed by atoms with Gasteiger partial charge in [0, 0.05) is 18.9 Å². The van der Waals surface area contributed by atoms with Gasteiger partial charge in [-0.2, -0.15) is 0 Å². The second kappa shape index (κ2) is 9.90. The summed E-state index contributed by atoms with van der Waals surface area (Å²) >= 11 is 1.04. The first-order chi connectivity index (χ1) is 18.2. The van der Waals surface area contributed by atoms with Crippen molar-refractivity contribution in [1.82, 2.24) is 4.98 Å². The normalized spacial score (nSPS) is 19.8. The van der Waals surface area contributed by atoms with Crippen LogP contribution in [0.4, 0.5) is 5.13 Å². The molecule has 0 saturated carbocycles. The number of hydrogen-bond acceptors (Lipinski definition) is 8. The monoisotopic (exact) mass is 530 g/mol. The number of aryl methyl sites for hydroxylation is 1. The van der Waals surface area contributed by atoms with Crippen LogP contribution < -0.4 is 14.4 Å². The molecular formula is C29H26N2O6S. The Morgan fingerprint density at radius 2 is 2.08 bits per heavy atom. The van der Waals surface area contributed by atoms with Crippen molar-refractivity contribution in [2.45, 2.75) is 39.3 Å². The minimum absolute atomic E-state index is 0.00916. The molecule has 2 aliphatic heterocycles. The van der Waals surface area contributed by atoms with Crippen molar-refractivity contribution < 1.29 is 29.0 Å². The topological polar surface area (TPSA) is 106 Å². The summed E-state index contributed by atoms with van der Waals surface area (Å²) in [5.41, 5.74) is 2.26. The summed E-state index contributed by atoms with van der Waals surface area (Å²) in [7, 11) is 0. The number of thiazole rings is 1. The van der Waals surface area contributed by atoms with Crippen LogP contribution in [0.2, 0.25) is 0 Å². The number of carbonyl (C=O) groups is 3. The fraction of sp³-hybridized carbons (Fsp3) is 0.241. The predicted octanol–water partition coefficient (Wildman–Crippen LogP) is 5.17. The molecule has 2 aliphatic rings. The van der Waals surface area contributed by atoms with Gasteiger partial charge in [-0.1, -0.05) is 36.1 Å². The van der Waals surface area contributed by atoms with Crippen molar-refractivity contribution in [3.8, 4) is 11.5 Å². The second-order valence-electron chi connectivity index (χ2n) is 9.26. The average molecular weight is 531 g/mol. The standard InChI is InChI=1S/C29H26N2O6S/c1-5-11-36-21-8-6-7-18(14-21)24-23(25(33)19-9-10-22-20(13-19)12-15(2)37-22)26(34)28(35)31(24)29-30-16(3)27(38-29)17(4)32/h5-10,13-15,24,33H,1,11-12H2,2-4H3. The van der Waals surface area contributed by atoms with Gasteiger partial charge < -0.3 is 14.6 Å². The summed E-state index contributed by atoms with van der Waals surface area (Å²) < 4.78 is 11.5. The van der Waals surface area contributed by atoms with Gasteiger partial charge in [0.2, 0.25) is 0 Å². The molecule has 1 saturated heterocycles. The van der Waals surface area contributed by atoms with Crippen molar-refractivity contribution in [2.24, 2.45) is 0 Å². The Bertz CT molecular complexity index is 1520. The van der Waals surface area contributed by atoms with Crippen LogP contribution in [0.5, 0.6) is 11.5 Å². The lowest BCUT2D eigenvalue weighted by atomic mass is 9.94. The quantitative estimate of drug-likeness (QED) is 0.148. The smallest absolute Gasteiger partial charge is 0.301 e. The van der Waals surface area contributed by atoms with Gasteiger partial charge in [-0.05, 0) is 55.3 Å². The maximum absolute atomic E-state index is 13.5. The molecule has 9 heteroatoms. The number of rotatable bonds is 7. The molecule has 8 nitrogen and oxygen atoms in total. The van der Waals surface area contributed by atoms with E-state index < -0.39 is 17.7 Å². The van der Waals surface area contributed by atoms with Gasteiger partial charge in [-0.15, -0.1) is 0 Å². The van der Waals surface area contributed by atoms with Crippen LogP contribution in [0.3, 0.4) is 0 Å². The molecule has 2 unspecified atom stereocenters. The van der Waals surface area contributed by atoms with Crippen LogP contribution in [0.25, 0.3) is 5.76 Å². The molecule has 2 atom stereocenters. The van der Waals surface area contributed by atoms with E-state index in [-0.39, 0.29) is 35.0 Å². The van der Waals surface area contributed by atoms with Gasteiger partial charge in [0.25, 0.3) is 5.78 Å². The number of carbonyl (C=O) groups excluding carboxylic acids is 3. The average Bonchev–Trinajstić information content (AvgIpc) is 3.54. The maximum atomic E-state index is 13.5. The molecule has 1 aromatic heterocycles. The third-order valence-electron chi connectivity index (χ3n) is 6.47. The van der Waals surface area contributed by atoms with E-state index in [0.29, 0.717) is 33.9 Å². The van der Waals surface area contributed by atoms with E-state index in [1.807, 2.05) is 6.92 Å². The molecule has 0 aliphatic carbocycles. The number of amides is 1. The number of hydrogen-bond donors (Lipinski definition) is 1. The zero-order chi connectivity index (χ0) is 27.1. The number of aliphatic hydroxyl groups is 1. The van der Waals surface area contributed by atoms with Gasteiger partial charge in [0.1, 0.15) is 30.0 Å². The van der Waals surface area contributed by atoms with Crippen molar-refractivity contribution >= 4 is 39.7 Å². The second-order valence-corrected chi connectivity index (χ2v) is 10.2. The molecule has 5 rings (SSSR count). The van der Waals surface area contributed by atoms with E-state index in [0.717, 1.165) is 22.6 Å². The molecule has 194 valence electrons. The first-order valence-electron chi connectivity index (χ1n) is 12.1. The number of Topliss-reactive ketones (excluding diaryl/α,β-unsaturated/α-hetero) is 2. The first kappa shape index (κ1) is 25.4. The highest BCUT2D eigenvalue weighted by molar-refractivity contribution is 7.18. The Kier molecular flexibility index (Phi) is 6.62. The first-order valence-corrected chi connectivity index (χ1v) is 12.9. The number of aromatic nitrogens is 1. The fourth-order valence-corrected chi connectivity index (χ4v) is 5.80. The van der Waals surface area contributed by atoms with Crippen LogP contribution in [-0.2, 0) is 16.0 Å². The zero-order valence-electron chi connectivity index (χ0n) is 21.2. The minimum atomic E-state index is -0.990. The van der Waals surface area contributed by atoms with Crippen LogP contribution in [0.15, 0.2) is 60.7 Å². The minimum Gasteiger partial charge on any atom is -0.507 e. The van der Waals surface area contributed by atoms with Gasteiger partial charge >= 0.3 is 5.91 Å². The summed E-state index contributed by atoms with van der Waals surface area (Å²) in [6.07, 6.45) is 2.29. The number of fused-ring (bicyclic) bond motifs is 1. The van der Waals surface area contributed by atoms with Crippen molar-refractivity contribution in [2.75, 3.05) is 11.5 Å². The Hall–Kier alpha value is -4.24. The number of ketones is 2. The molecule has 3 aromatic rings. The van der Waals surface area contributed by atoms with Gasteiger partial charge in [-0.25, -0.2) is 4.98 Å². The van der Waals surface area contributed by atoms with E-state index in [1.54, 1.807) is 55.5 Å². The van der Waals surface area contributed by atoms with E-state index >= 15 is 0 Å². The van der Waals surface area contributed by atoms with Crippen molar-refractivity contribution in [1.29, 1.82) is 0 Å². The van der Waals surface area contributed by atoms with E-state index in [1.165, 1.54) is 11.8 Å². The van der Waals surface area contributed by atoms with Gasteiger partial charge in [-0.3, -0.25) is 19.3 Å². The lowest BCUT2D eigenvalue weighted by Crippen LogP contribution is -2.29. The lowest BCUT2D eigenvalue weighted by Gasteiger charge is -2.23. The molecule has 2 aromatic carbocycles. The summed E-state index contributed by atoms with van der Waals surface area (Å²) in [6.45, 7) is 9.00. The SMILES string of the molecule is C=CCOc1cccc(C2C(=C(O)c3ccc4c(c3)CC(C)O4)C(=O)C(=O)N2c2nc(C)c(C(C)=O)s2)c1. The predicted molar refractivity (Wildman–Crippen MR) is 144 cm³/mol. The molecule has 1 N–H and O–H groups in total. The Labute approximate surface area is 223 Å². The molecule has 3 heterocycles. The number of nitrogens with zero attached hydrogens (tertiary/aromatic N) is 2. The number of benzene rings is 2. The van der Waals surface area contributed by atoms with E-state index in [4.69, 9.17) is 9.47 Å². The number of anilines is 1. The fourth-order valence-electron chi connectivity index (χ4n) is 4.81. The van der Waals surface area contributed by atoms with Crippen LogP contribution in [-0.4, -0.2) is 40.3 Å². The van der Waals surface area contributed by atoms with Crippen LogP contribution >= 0.6 is 11.3 Å². The number of aliphatic hydroxyl groups excluding tert-OH is 1. The van der Waals surface area contributed by atoms with Gasteiger partial charge in [0.15, 0.2) is 10.9 Å². The van der Waals surface area contributed by atoms with E-state index in [2.05, 4.69) is 11.6 Å². The molecular weight excluding hydrogens is 504 g/mol. The van der Waals surface area contributed by atoms with E-state index in [9.17, 15) is 19.5 Å². The molecule has 0 radical (unpaired) electrons. The highest BCUT2D eigenvalue weighted by Crippen LogP contribution is 2.45. The third-order valence-corrected chi connectivity index (χ3v) is 7.72. The van der Waals surface area contributed by atoms with Crippen LogP contribution in [0.1, 0.15) is 51.9 Å². The summed E-state index contributed by atoms with van der Waals surface area (Å²) in [5.74, 6) is -0.919. The molecule has 1 fully saturated rings. The molecule has 1 amide bonds. The summed E-state index contributed by atoms with van der Waals surface area (Å²) in [6, 6.07) is 11.2. The zero-order valence-corrected chi connectivity index (χ0v) is 22.0. The Balaban J connectivity index is 1.69. The van der Waals surface area contributed by atoms with Gasteiger partial charge in [0.05, 0.1) is 22.2 Å². The maximum Gasteiger partial charge on any atom is 0.301 e. The largest absolute Gasteiger partial charge is 0.507 e. The summed E-state index contributed by atoms with van der Waals surface area (Å²) in [4.78, 5) is 45.2. The molecule has 0 spiro atoms. The highest BCUT2D eigenvalue weighted by atomic mass is 32.1. The number of ether oxygens (including phenoxy) is 2. The van der Waals surface area contributed by atoms with Crippen LogP contribution in [0, 0.1) is 6.92 Å². The molecule has 0 bridgehead atoms. The Morgan fingerprint density at radius 3 is 2.79 bits per heavy atom. The third kappa shape index (κ3) is 4.39. The van der Waals surface area contributed by atoms with Crippen molar-refractivity contribution in [3.05, 3.63) is 88.0 Å². The summed E-state index contributed by atoms with van der Waals surface area (Å²) in [5, 5.41) is 11.7. The lowest BCUT2D eigenvalue weighted by molar-refractivity contribution is -0.132. The Morgan fingerprint density at radius 1 is 1.29 bits per heavy atom. The van der Waals surface area contributed by atoms with Crippen molar-refractivity contribution in [3.63, 3.8) is 0 Å².